The number of hydrogen-bond donors (Lipinski definition) is 1. The van der Waals surface area contributed by atoms with Crippen molar-refractivity contribution in [3.63, 3.8) is 0 Å². The second-order valence-electron chi connectivity index (χ2n) is 7.83. The van der Waals surface area contributed by atoms with Crippen molar-refractivity contribution in [2.75, 3.05) is 0 Å². The Morgan fingerprint density at radius 3 is 2.90 bits per heavy atom. The zero-order valence-corrected chi connectivity index (χ0v) is 18.0. The Morgan fingerprint density at radius 2 is 2.00 bits per heavy atom. The second kappa shape index (κ2) is 8.07. The fourth-order valence-electron chi connectivity index (χ4n) is 4.18. The minimum atomic E-state index is -0.715. The number of nitrogens with zero attached hydrogens (tertiary/aromatic N) is 3. The van der Waals surface area contributed by atoms with Crippen molar-refractivity contribution in [1.29, 1.82) is 0 Å². The highest BCUT2D eigenvalue weighted by atomic mass is 32.1. The lowest BCUT2D eigenvalue weighted by atomic mass is 9.97. The third kappa shape index (κ3) is 3.55. The summed E-state index contributed by atoms with van der Waals surface area (Å²) >= 11 is 1.61. The van der Waals surface area contributed by atoms with Crippen molar-refractivity contribution in [3.8, 4) is 0 Å². The van der Waals surface area contributed by atoms with Crippen LogP contribution in [-0.4, -0.2) is 21.7 Å². The molecule has 0 spiro atoms. The van der Waals surface area contributed by atoms with E-state index in [2.05, 4.69) is 15.5 Å². The van der Waals surface area contributed by atoms with E-state index in [1.54, 1.807) is 24.5 Å². The van der Waals surface area contributed by atoms with Crippen LogP contribution in [-0.2, 0) is 17.6 Å². The highest BCUT2D eigenvalue weighted by Crippen LogP contribution is 2.33. The molecule has 1 N–H and O–H groups in total. The van der Waals surface area contributed by atoms with Crippen LogP contribution in [0.3, 0.4) is 0 Å². The Balaban J connectivity index is 1.39. The number of aromatic nitrogens is 2. The van der Waals surface area contributed by atoms with Gasteiger partial charge in [-0.25, -0.2) is 10.4 Å². The topological polar surface area (TPSA) is 76.3 Å². The third-order valence-electron chi connectivity index (χ3n) is 5.90. The number of carbonyl (C=O) groups is 1. The lowest BCUT2D eigenvalue weighted by Crippen LogP contribution is -2.34. The van der Waals surface area contributed by atoms with E-state index in [0.717, 1.165) is 52.4 Å². The first-order valence-electron chi connectivity index (χ1n) is 10.5. The summed E-state index contributed by atoms with van der Waals surface area (Å²) in [6.45, 7) is 1.69. The van der Waals surface area contributed by atoms with E-state index in [0.29, 0.717) is 5.39 Å². The van der Waals surface area contributed by atoms with Crippen LogP contribution in [0.1, 0.15) is 41.8 Å². The average Bonchev–Trinajstić information content (AvgIpc) is 3.18. The SMILES string of the molecule is CC(C(=O)NN=Cc1cccc2ccccc12)n1cnc2sc3c(c2c1=O)CCCC3. The minimum Gasteiger partial charge on any atom is -0.286 e. The van der Waals surface area contributed by atoms with Gasteiger partial charge in [0, 0.05) is 10.4 Å². The minimum absolute atomic E-state index is 0.148. The molecule has 2 aromatic heterocycles. The molecule has 31 heavy (non-hydrogen) atoms. The number of aryl methyl sites for hydroxylation is 2. The van der Waals surface area contributed by atoms with Crippen molar-refractivity contribution in [2.24, 2.45) is 5.10 Å². The molecule has 0 aliphatic heterocycles. The van der Waals surface area contributed by atoms with E-state index >= 15 is 0 Å². The van der Waals surface area contributed by atoms with Crippen molar-refractivity contribution in [1.82, 2.24) is 15.0 Å². The predicted octanol–water partition coefficient (Wildman–Crippen LogP) is 4.20. The number of carbonyl (C=O) groups excluding carboxylic acids is 1. The summed E-state index contributed by atoms with van der Waals surface area (Å²) in [5.41, 5.74) is 4.46. The number of fused-ring (bicyclic) bond motifs is 4. The molecule has 4 aromatic rings. The lowest BCUT2D eigenvalue weighted by molar-refractivity contribution is -0.123. The number of hydrogen-bond acceptors (Lipinski definition) is 5. The van der Waals surface area contributed by atoms with Crippen LogP contribution in [0, 0.1) is 0 Å². The maximum atomic E-state index is 13.2. The summed E-state index contributed by atoms with van der Waals surface area (Å²) in [6, 6.07) is 13.2. The molecule has 2 aromatic carbocycles. The van der Waals surface area contributed by atoms with Gasteiger partial charge in [0.2, 0.25) is 0 Å². The third-order valence-corrected chi connectivity index (χ3v) is 7.10. The Hall–Kier alpha value is -3.32. The van der Waals surface area contributed by atoms with Crippen molar-refractivity contribution in [2.45, 2.75) is 38.6 Å². The molecule has 7 heteroatoms. The van der Waals surface area contributed by atoms with Crippen molar-refractivity contribution < 1.29 is 4.79 Å². The number of hydrazone groups is 1. The van der Waals surface area contributed by atoms with Crippen LogP contribution in [0.15, 0.2) is 58.7 Å². The first-order chi connectivity index (χ1) is 15.1. The quantitative estimate of drug-likeness (QED) is 0.389. The molecule has 0 saturated heterocycles. The van der Waals surface area contributed by atoms with Gasteiger partial charge in [-0.3, -0.25) is 14.2 Å². The smallest absolute Gasteiger partial charge is 0.263 e. The Morgan fingerprint density at radius 1 is 1.19 bits per heavy atom. The monoisotopic (exact) mass is 430 g/mol. The summed E-state index contributed by atoms with van der Waals surface area (Å²) in [5, 5.41) is 6.98. The standard InChI is InChI=1S/C24H22N4O2S/c1-15(22(29)27-26-13-17-9-6-8-16-7-2-3-10-18(16)17)28-14-25-23-21(24(28)30)19-11-4-5-12-20(19)31-23/h2-3,6-10,13-15H,4-5,11-12H2,1H3,(H,27,29). The number of rotatable bonds is 4. The van der Waals surface area contributed by atoms with Crippen LogP contribution >= 0.6 is 11.3 Å². The average molecular weight is 431 g/mol. The molecule has 1 aliphatic rings. The highest BCUT2D eigenvalue weighted by molar-refractivity contribution is 7.18. The van der Waals surface area contributed by atoms with E-state index in [9.17, 15) is 9.59 Å². The molecule has 0 saturated carbocycles. The molecule has 1 amide bonds. The molecular formula is C24H22N4O2S. The predicted molar refractivity (Wildman–Crippen MR) is 125 cm³/mol. The molecule has 6 nitrogen and oxygen atoms in total. The van der Waals surface area contributed by atoms with E-state index in [4.69, 9.17) is 0 Å². The van der Waals surface area contributed by atoms with Gasteiger partial charge in [-0.1, -0.05) is 42.5 Å². The Bertz CT molecular complexity index is 1380. The maximum absolute atomic E-state index is 13.2. The number of thiophene rings is 1. The fraction of sp³-hybridized carbons (Fsp3) is 0.250. The van der Waals surface area contributed by atoms with Gasteiger partial charge < -0.3 is 0 Å². The van der Waals surface area contributed by atoms with Gasteiger partial charge in [-0.05, 0) is 48.9 Å². The van der Waals surface area contributed by atoms with E-state index < -0.39 is 6.04 Å². The number of amides is 1. The van der Waals surface area contributed by atoms with Gasteiger partial charge in [-0.15, -0.1) is 11.3 Å². The Labute approximate surface area is 183 Å². The zero-order valence-electron chi connectivity index (χ0n) is 17.2. The van der Waals surface area contributed by atoms with Gasteiger partial charge in [0.1, 0.15) is 10.9 Å². The Kier molecular flexibility index (Phi) is 5.11. The zero-order chi connectivity index (χ0) is 21.4. The van der Waals surface area contributed by atoms with E-state index in [-0.39, 0.29) is 11.5 Å². The van der Waals surface area contributed by atoms with Crippen molar-refractivity contribution in [3.05, 3.63) is 75.1 Å². The summed E-state index contributed by atoms with van der Waals surface area (Å²) in [6.07, 6.45) is 7.27. The molecule has 5 rings (SSSR count). The van der Waals surface area contributed by atoms with E-state index in [1.807, 2.05) is 42.5 Å². The van der Waals surface area contributed by atoms with E-state index in [1.165, 1.54) is 15.8 Å². The van der Waals surface area contributed by atoms with Gasteiger partial charge in [0.15, 0.2) is 0 Å². The first kappa shape index (κ1) is 19.6. The first-order valence-corrected chi connectivity index (χ1v) is 11.3. The summed E-state index contributed by atoms with van der Waals surface area (Å²) in [4.78, 5) is 32.4. The molecule has 0 fully saturated rings. The molecule has 156 valence electrons. The normalized spacial score (nSPS) is 14.7. The molecule has 1 unspecified atom stereocenters. The summed E-state index contributed by atoms with van der Waals surface area (Å²) < 4.78 is 1.41. The molecule has 1 atom stereocenters. The summed E-state index contributed by atoms with van der Waals surface area (Å²) in [7, 11) is 0. The summed E-state index contributed by atoms with van der Waals surface area (Å²) in [5.74, 6) is -0.358. The second-order valence-corrected chi connectivity index (χ2v) is 8.91. The van der Waals surface area contributed by atoms with Crippen LogP contribution in [0.2, 0.25) is 0 Å². The fourth-order valence-corrected chi connectivity index (χ4v) is 5.40. The van der Waals surface area contributed by atoms with Crippen molar-refractivity contribution >= 4 is 44.4 Å². The van der Waals surface area contributed by atoms with Crippen LogP contribution in [0.4, 0.5) is 0 Å². The molecule has 2 heterocycles. The highest BCUT2D eigenvalue weighted by Gasteiger charge is 2.23. The number of benzene rings is 2. The van der Waals surface area contributed by atoms with Gasteiger partial charge in [0.05, 0.1) is 17.9 Å². The molecule has 1 aliphatic carbocycles. The van der Waals surface area contributed by atoms with Gasteiger partial charge >= 0.3 is 0 Å². The van der Waals surface area contributed by atoms with Gasteiger partial charge in [0.25, 0.3) is 11.5 Å². The van der Waals surface area contributed by atoms with Crippen LogP contribution < -0.4 is 11.0 Å². The lowest BCUT2D eigenvalue weighted by Gasteiger charge is -2.14. The molecule has 0 radical (unpaired) electrons. The molecular weight excluding hydrogens is 408 g/mol. The van der Waals surface area contributed by atoms with Gasteiger partial charge in [-0.2, -0.15) is 5.10 Å². The maximum Gasteiger partial charge on any atom is 0.263 e. The van der Waals surface area contributed by atoms with Crippen LogP contribution in [0.5, 0.6) is 0 Å². The number of nitrogens with one attached hydrogen (secondary N) is 1. The largest absolute Gasteiger partial charge is 0.286 e. The van der Waals surface area contributed by atoms with Crippen LogP contribution in [0.25, 0.3) is 21.0 Å². The molecule has 0 bridgehead atoms.